The molecule has 27 heavy (non-hydrogen) atoms. The number of hydrogen-bond donors (Lipinski definition) is 0. The Balaban J connectivity index is 1.53. The van der Waals surface area contributed by atoms with E-state index in [1.807, 2.05) is 0 Å². The van der Waals surface area contributed by atoms with Crippen LogP contribution < -0.4 is 0 Å². The first-order chi connectivity index (χ1) is 13.2. The van der Waals surface area contributed by atoms with E-state index in [-0.39, 0.29) is 17.8 Å². The van der Waals surface area contributed by atoms with Crippen molar-refractivity contribution in [2.75, 3.05) is 6.54 Å². The zero-order valence-electron chi connectivity index (χ0n) is 14.7. The monoisotopic (exact) mass is 366 g/mol. The van der Waals surface area contributed by atoms with Crippen molar-refractivity contribution >= 4 is 5.91 Å². The Labute approximate surface area is 156 Å². The highest BCUT2D eigenvalue weighted by atomic mass is 19.1. The van der Waals surface area contributed by atoms with Gasteiger partial charge >= 0.3 is 0 Å². The third-order valence-electron chi connectivity index (χ3n) is 4.74. The van der Waals surface area contributed by atoms with Crippen molar-refractivity contribution in [3.8, 4) is 0 Å². The summed E-state index contributed by atoms with van der Waals surface area (Å²) in [5.74, 6) is 0.884. The fraction of sp³-hybridized carbons (Fsp3) is 0.300. The second kappa shape index (κ2) is 7.65. The van der Waals surface area contributed by atoms with Gasteiger partial charge in [-0.3, -0.25) is 4.79 Å². The Bertz CT molecular complexity index is 911. The molecule has 1 atom stereocenters. The van der Waals surface area contributed by atoms with Crippen LogP contribution in [0.15, 0.2) is 53.3 Å². The molecule has 0 aliphatic carbocycles. The maximum atomic E-state index is 13.0. The average molecular weight is 366 g/mol. The maximum Gasteiger partial charge on any atom is 0.256 e. The van der Waals surface area contributed by atoms with Gasteiger partial charge in [-0.1, -0.05) is 12.1 Å². The van der Waals surface area contributed by atoms with E-state index >= 15 is 0 Å². The number of halogens is 1. The molecule has 1 aliphatic heterocycles. The van der Waals surface area contributed by atoms with Crippen LogP contribution in [0.5, 0.6) is 0 Å². The van der Waals surface area contributed by atoms with Gasteiger partial charge in [0.05, 0.1) is 24.2 Å². The van der Waals surface area contributed by atoms with Crippen LogP contribution in [0.2, 0.25) is 0 Å². The average Bonchev–Trinajstić information content (AvgIpc) is 3.18. The van der Waals surface area contributed by atoms with Gasteiger partial charge in [0.2, 0.25) is 5.89 Å². The zero-order valence-corrected chi connectivity index (χ0v) is 14.7. The molecule has 0 spiro atoms. The first-order valence-corrected chi connectivity index (χ1v) is 8.97. The molecular formula is C20H19FN4O2. The topological polar surface area (TPSA) is 72.1 Å². The SMILES string of the molecule is O=C(c1ccnnc1)N1CCCC[C@@H]1c1ncc(Cc2ccc(F)cc2)o1. The van der Waals surface area contributed by atoms with Gasteiger partial charge in [-0.15, -0.1) is 0 Å². The van der Waals surface area contributed by atoms with Crippen LogP contribution in [-0.2, 0) is 6.42 Å². The number of piperidine rings is 1. The molecule has 6 nitrogen and oxygen atoms in total. The summed E-state index contributed by atoms with van der Waals surface area (Å²) >= 11 is 0. The lowest BCUT2D eigenvalue weighted by molar-refractivity contribution is 0.0569. The Kier molecular flexibility index (Phi) is 4.91. The number of aromatic nitrogens is 3. The number of carbonyl (C=O) groups is 1. The predicted molar refractivity (Wildman–Crippen MR) is 95.4 cm³/mol. The fourth-order valence-corrected chi connectivity index (χ4v) is 3.38. The number of carbonyl (C=O) groups excluding carboxylic acids is 1. The summed E-state index contributed by atoms with van der Waals surface area (Å²) in [6, 6.07) is 7.78. The molecule has 0 unspecified atom stereocenters. The molecule has 1 amide bonds. The molecule has 7 heteroatoms. The Hall–Kier alpha value is -3.09. The molecule has 3 heterocycles. The highest BCUT2D eigenvalue weighted by Gasteiger charge is 2.32. The van der Waals surface area contributed by atoms with Crippen molar-refractivity contribution in [2.24, 2.45) is 0 Å². The minimum atomic E-state index is -0.265. The molecule has 0 radical (unpaired) electrons. The van der Waals surface area contributed by atoms with Gasteiger partial charge in [0.15, 0.2) is 0 Å². The van der Waals surface area contributed by atoms with Gasteiger partial charge in [-0.25, -0.2) is 9.37 Å². The summed E-state index contributed by atoms with van der Waals surface area (Å²) in [4.78, 5) is 19.1. The molecule has 0 N–H and O–H groups in total. The van der Waals surface area contributed by atoms with E-state index in [1.54, 1.807) is 29.3 Å². The molecule has 138 valence electrons. The summed E-state index contributed by atoms with van der Waals surface area (Å²) in [6.45, 7) is 0.654. The summed E-state index contributed by atoms with van der Waals surface area (Å²) in [5.41, 5.74) is 1.45. The van der Waals surface area contributed by atoms with Crippen LogP contribution in [0, 0.1) is 5.82 Å². The molecule has 1 fully saturated rings. The standard InChI is InChI=1S/C20H19FN4O2/c21-16-6-4-14(5-7-16)11-17-13-22-19(27-17)18-3-1-2-10-25(18)20(26)15-8-9-23-24-12-15/h4-9,12-13,18H,1-3,10-11H2/t18-/m1/s1. The lowest BCUT2D eigenvalue weighted by Gasteiger charge is -2.33. The first-order valence-electron chi connectivity index (χ1n) is 8.97. The van der Waals surface area contributed by atoms with Crippen LogP contribution in [0.1, 0.15) is 52.9 Å². The number of rotatable bonds is 4. The van der Waals surface area contributed by atoms with E-state index < -0.39 is 0 Å². The Morgan fingerprint density at radius 3 is 2.78 bits per heavy atom. The van der Waals surface area contributed by atoms with Crippen molar-refractivity contribution in [1.82, 2.24) is 20.1 Å². The molecule has 3 aromatic rings. The number of hydrogen-bond acceptors (Lipinski definition) is 5. The molecule has 1 saturated heterocycles. The maximum absolute atomic E-state index is 13.0. The second-order valence-corrected chi connectivity index (χ2v) is 6.61. The lowest BCUT2D eigenvalue weighted by atomic mass is 10.0. The quantitative estimate of drug-likeness (QED) is 0.706. The molecular weight excluding hydrogens is 347 g/mol. The van der Waals surface area contributed by atoms with E-state index in [1.165, 1.54) is 24.5 Å². The summed E-state index contributed by atoms with van der Waals surface area (Å²) < 4.78 is 19.0. The number of oxazole rings is 1. The number of nitrogens with zero attached hydrogens (tertiary/aromatic N) is 4. The highest BCUT2D eigenvalue weighted by Crippen LogP contribution is 2.32. The van der Waals surface area contributed by atoms with E-state index in [9.17, 15) is 9.18 Å². The van der Waals surface area contributed by atoms with Gasteiger partial charge in [0, 0.05) is 13.0 Å². The normalized spacial score (nSPS) is 17.1. The second-order valence-electron chi connectivity index (χ2n) is 6.61. The van der Waals surface area contributed by atoms with Gasteiger partial charge in [0.25, 0.3) is 5.91 Å². The largest absolute Gasteiger partial charge is 0.443 e. The lowest BCUT2D eigenvalue weighted by Crippen LogP contribution is -2.38. The van der Waals surface area contributed by atoms with Crippen molar-refractivity contribution in [3.63, 3.8) is 0 Å². The molecule has 1 aliphatic rings. The molecule has 2 aromatic heterocycles. The fourth-order valence-electron chi connectivity index (χ4n) is 3.38. The van der Waals surface area contributed by atoms with Crippen molar-refractivity contribution < 1.29 is 13.6 Å². The highest BCUT2D eigenvalue weighted by molar-refractivity contribution is 5.94. The van der Waals surface area contributed by atoms with Crippen molar-refractivity contribution in [2.45, 2.75) is 31.7 Å². The molecule has 4 rings (SSSR count). The van der Waals surface area contributed by atoms with Crippen LogP contribution in [-0.4, -0.2) is 32.5 Å². The van der Waals surface area contributed by atoms with Crippen molar-refractivity contribution in [3.05, 3.63) is 77.5 Å². The van der Waals surface area contributed by atoms with Crippen LogP contribution in [0.3, 0.4) is 0 Å². The number of amides is 1. The summed E-state index contributed by atoms with van der Waals surface area (Å²) in [5, 5.41) is 7.52. The van der Waals surface area contributed by atoms with E-state index in [0.29, 0.717) is 30.2 Å². The third kappa shape index (κ3) is 3.86. The van der Waals surface area contributed by atoms with E-state index in [0.717, 1.165) is 24.8 Å². The van der Waals surface area contributed by atoms with E-state index in [4.69, 9.17) is 4.42 Å². The third-order valence-corrected chi connectivity index (χ3v) is 4.74. The Morgan fingerprint density at radius 2 is 2.00 bits per heavy atom. The van der Waals surface area contributed by atoms with Gasteiger partial charge in [-0.05, 0) is 43.0 Å². The summed E-state index contributed by atoms with van der Waals surface area (Å²) in [6.07, 6.45) is 7.97. The number of likely N-dealkylation sites (tertiary alicyclic amines) is 1. The zero-order chi connectivity index (χ0) is 18.6. The van der Waals surface area contributed by atoms with Gasteiger partial charge in [-0.2, -0.15) is 10.2 Å². The smallest absolute Gasteiger partial charge is 0.256 e. The minimum Gasteiger partial charge on any atom is -0.443 e. The number of benzene rings is 1. The minimum absolute atomic E-state index is 0.0899. The van der Waals surface area contributed by atoms with Crippen molar-refractivity contribution in [1.29, 1.82) is 0 Å². The summed E-state index contributed by atoms with van der Waals surface area (Å²) in [7, 11) is 0. The van der Waals surface area contributed by atoms with E-state index in [2.05, 4.69) is 15.2 Å². The first kappa shape index (κ1) is 17.3. The molecule has 0 saturated carbocycles. The van der Waals surface area contributed by atoms with Crippen LogP contribution in [0.4, 0.5) is 4.39 Å². The van der Waals surface area contributed by atoms with Crippen LogP contribution >= 0.6 is 0 Å². The Morgan fingerprint density at radius 1 is 1.15 bits per heavy atom. The molecule has 0 bridgehead atoms. The molecule has 1 aromatic carbocycles. The van der Waals surface area contributed by atoms with Crippen LogP contribution in [0.25, 0.3) is 0 Å². The van der Waals surface area contributed by atoms with Gasteiger partial charge in [0.1, 0.15) is 17.6 Å². The van der Waals surface area contributed by atoms with Gasteiger partial charge < -0.3 is 9.32 Å². The predicted octanol–water partition coefficient (Wildman–Crippen LogP) is 3.56.